The maximum absolute atomic E-state index is 13.2. The summed E-state index contributed by atoms with van der Waals surface area (Å²) in [6, 6.07) is 8.05. The van der Waals surface area contributed by atoms with Crippen molar-refractivity contribution in [1.82, 2.24) is 10.8 Å². The molecule has 3 atom stereocenters. The van der Waals surface area contributed by atoms with E-state index < -0.39 is 35.7 Å². The van der Waals surface area contributed by atoms with Crippen LogP contribution in [0.5, 0.6) is 0 Å². The molecule has 0 radical (unpaired) electrons. The summed E-state index contributed by atoms with van der Waals surface area (Å²) in [7, 11) is 0. The maximum atomic E-state index is 13.2. The molecule has 7 heteroatoms. The topological polar surface area (TPSA) is 105 Å². The molecule has 0 aliphatic heterocycles. The molecule has 1 aromatic carbocycles. The minimum atomic E-state index is -0.941. The van der Waals surface area contributed by atoms with E-state index in [-0.39, 0.29) is 12.0 Å². The van der Waals surface area contributed by atoms with E-state index in [1.807, 2.05) is 19.9 Å². The van der Waals surface area contributed by atoms with E-state index in [1.165, 1.54) is 0 Å². The highest BCUT2D eigenvalue weighted by Crippen LogP contribution is 2.27. The molecule has 1 unspecified atom stereocenters. The number of esters is 1. The van der Waals surface area contributed by atoms with Crippen LogP contribution in [0.25, 0.3) is 0 Å². The lowest BCUT2D eigenvalue weighted by molar-refractivity contribution is -0.153. The van der Waals surface area contributed by atoms with Gasteiger partial charge >= 0.3 is 5.97 Å². The summed E-state index contributed by atoms with van der Waals surface area (Å²) in [5.41, 5.74) is 2.31. The molecule has 0 spiro atoms. The van der Waals surface area contributed by atoms with Gasteiger partial charge in [-0.2, -0.15) is 0 Å². The Balaban J connectivity index is 2.24. The van der Waals surface area contributed by atoms with Crippen molar-refractivity contribution in [3.8, 4) is 0 Å². The third kappa shape index (κ3) is 6.55. The monoisotopic (exact) mass is 418 g/mol. The summed E-state index contributed by atoms with van der Waals surface area (Å²) < 4.78 is 5.67. The molecule has 2 amide bonds. The zero-order valence-electron chi connectivity index (χ0n) is 18.1. The molecule has 1 aromatic rings. The molecule has 1 fully saturated rings. The average molecular weight is 419 g/mol. The Morgan fingerprint density at radius 3 is 2.23 bits per heavy atom. The number of hydrogen-bond acceptors (Lipinski definition) is 5. The largest absolute Gasteiger partial charge is 0.461 e. The van der Waals surface area contributed by atoms with Gasteiger partial charge in [0.25, 0.3) is 0 Å². The van der Waals surface area contributed by atoms with Crippen LogP contribution in [-0.2, 0) is 19.1 Å². The maximum Gasteiger partial charge on any atom is 0.333 e. The second-order valence-electron chi connectivity index (χ2n) is 8.42. The van der Waals surface area contributed by atoms with E-state index in [4.69, 9.17) is 9.94 Å². The van der Waals surface area contributed by atoms with Gasteiger partial charge < -0.3 is 10.1 Å². The highest BCUT2D eigenvalue weighted by molar-refractivity contribution is 5.90. The van der Waals surface area contributed by atoms with Crippen molar-refractivity contribution in [2.45, 2.75) is 71.4 Å². The van der Waals surface area contributed by atoms with Gasteiger partial charge in [0.15, 0.2) is 6.04 Å². The summed E-state index contributed by atoms with van der Waals surface area (Å²) in [6.07, 6.45) is 4.47. The Labute approximate surface area is 178 Å². The first-order chi connectivity index (χ1) is 14.4. The van der Waals surface area contributed by atoms with Crippen molar-refractivity contribution in [2.75, 3.05) is 0 Å². The van der Waals surface area contributed by atoms with Gasteiger partial charge in [-0.05, 0) is 50.0 Å². The van der Waals surface area contributed by atoms with Crippen molar-refractivity contribution < 1.29 is 24.3 Å². The molecule has 0 aromatic heterocycles. The van der Waals surface area contributed by atoms with Crippen LogP contribution in [-0.4, -0.2) is 29.1 Å². The molecule has 2 rings (SSSR count). The highest BCUT2D eigenvalue weighted by Gasteiger charge is 2.36. The molecule has 0 bridgehead atoms. The summed E-state index contributed by atoms with van der Waals surface area (Å²) >= 11 is 0. The van der Waals surface area contributed by atoms with Gasteiger partial charge in [0, 0.05) is 5.92 Å². The zero-order chi connectivity index (χ0) is 22.1. The van der Waals surface area contributed by atoms with Crippen molar-refractivity contribution >= 4 is 17.8 Å². The number of hydroxylamine groups is 1. The van der Waals surface area contributed by atoms with Crippen LogP contribution in [0.1, 0.15) is 70.9 Å². The van der Waals surface area contributed by atoms with Crippen LogP contribution in [0.2, 0.25) is 0 Å². The quantitative estimate of drug-likeness (QED) is 0.306. The number of benzene rings is 1. The van der Waals surface area contributed by atoms with Gasteiger partial charge in [-0.15, -0.1) is 0 Å². The fraction of sp³-hybridized carbons (Fsp3) is 0.609. The second-order valence-corrected chi connectivity index (χ2v) is 8.42. The van der Waals surface area contributed by atoms with E-state index in [1.54, 1.807) is 36.7 Å². The molecule has 0 saturated heterocycles. The van der Waals surface area contributed by atoms with Crippen molar-refractivity contribution in [3.63, 3.8) is 0 Å². The Morgan fingerprint density at radius 1 is 1.07 bits per heavy atom. The standard InChI is InChI=1S/C23H34N2O5/c1-4-18(22(27)25-29)19(14-15(2)3)21(26)24-20(16-10-6-5-7-11-16)23(28)30-17-12-8-9-13-17/h5-7,10-11,15,17-20,29H,4,8-9,12-14H2,1-3H3,(H,24,26)(H,25,27)/t18-,19+,20?/m0/s1. The normalized spacial score (nSPS) is 17.2. The molecule has 1 saturated carbocycles. The van der Waals surface area contributed by atoms with Crippen LogP contribution in [0.4, 0.5) is 0 Å². The number of carbonyl (C=O) groups is 3. The molecule has 166 valence electrons. The lowest BCUT2D eigenvalue weighted by Gasteiger charge is -2.28. The van der Waals surface area contributed by atoms with Crippen LogP contribution in [0, 0.1) is 17.8 Å². The van der Waals surface area contributed by atoms with E-state index in [0.717, 1.165) is 25.7 Å². The zero-order valence-corrected chi connectivity index (χ0v) is 18.1. The minimum absolute atomic E-state index is 0.115. The average Bonchev–Trinajstić information content (AvgIpc) is 3.24. The molecule has 0 heterocycles. The van der Waals surface area contributed by atoms with E-state index in [2.05, 4.69) is 5.32 Å². The van der Waals surface area contributed by atoms with Gasteiger partial charge in [0.1, 0.15) is 6.10 Å². The fourth-order valence-corrected chi connectivity index (χ4v) is 4.11. The number of rotatable bonds is 10. The van der Waals surface area contributed by atoms with E-state index >= 15 is 0 Å². The van der Waals surface area contributed by atoms with Crippen molar-refractivity contribution in [3.05, 3.63) is 35.9 Å². The van der Waals surface area contributed by atoms with Crippen molar-refractivity contribution in [2.24, 2.45) is 17.8 Å². The lowest BCUT2D eigenvalue weighted by Crippen LogP contribution is -2.45. The minimum Gasteiger partial charge on any atom is -0.461 e. The molecule has 7 nitrogen and oxygen atoms in total. The Hall–Kier alpha value is -2.41. The second kappa shape index (κ2) is 11.7. The van der Waals surface area contributed by atoms with Gasteiger partial charge in [-0.1, -0.05) is 51.1 Å². The lowest BCUT2D eigenvalue weighted by atomic mass is 9.82. The number of amides is 2. The predicted octanol–water partition coefficient (Wildman–Crippen LogP) is 3.52. The SMILES string of the molecule is CC[C@H](C(=O)NO)[C@@H](CC(C)C)C(=O)NC(C(=O)OC1CCCC1)c1ccccc1. The first kappa shape index (κ1) is 23.9. The summed E-state index contributed by atoms with van der Waals surface area (Å²) in [5, 5.41) is 11.9. The number of carbonyl (C=O) groups excluding carboxylic acids is 3. The molecular formula is C23H34N2O5. The Bertz CT molecular complexity index is 701. The van der Waals surface area contributed by atoms with Gasteiger partial charge in [0.05, 0.1) is 5.92 Å². The van der Waals surface area contributed by atoms with Crippen LogP contribution in [0.3, 0.4) is 0 Å². The van der Waals surface area contributed by atoms with Gasteiger partial charge in [-0.25, -0.2) is 10.3 Å². The molecule has 1 aliphatic rings. The predicted molar refractivity (Wildman–Crippen MR) is 112 cm³/mol. The summed E-state index contributed by atoms with van der Waals surface area (Å²) in [4.78, 5) is 38.4. The third-order valence-electron chi connectivity index (χ3n) is 5.67. The Morgan fingerprint density at radius 2 is 1.70 bits per heavy atom. The van der Waals surface area contributed by atoms with Gasteiger partial charge in [-0.3, -0.25) is 14.8 Å². The van der Waals surface area contributed by atoms with Crippen molar-refractivity contribution in [1.29, 1.82) is 0 Å². The van der Waals surface area contributed by atoms with Crippen LogP contribution in [0.15, 0.2) is 30.3 Å². The van der Waals surface area contributed by atoms with Gasteiger partial charge in [0.2, 0.25) is 11.8 Å². The number of nitrogens with one attached hydrogen (secondary N) is 2. The first-order valence-corrected chi connectivity index (χ1v) is 10.9. The molecule has 1 aliphatic carbocycles. The van der Waals surface area contributed by atoms with E-state index in [9.17, 15) is 14.4 Å². The molecular weight excluding hydrogens is 384 g/mol. The summed E-state index contributed by atoms with van der Waals surface area (Å²) in [6.45, 7) is 5.73. The Kier molecular flexibility index (Phi) is 9.30. The van der Waals surface area contributed by atoms with Crippen LogP contribution < -0.4 is 10.8 Å². The number of ether oxygens (including phenoxy) is 1. The third-order valence-corrected chi connectivity index (χ3v) is 5.67. The van der Waals surface area contributed by atoms with E-state index in [0.29, 0.717) is 18.4 Å². The first-order valence-electron chi connectivity index (χ1n) is 10.9. The fourth-order valence-electron chi connectivity index (χ4n) is 4.11. The number of hydrogen-bond donors (Lipinski definition) is 3. The smallest absolute Gasteiger partial charge is 0.333 e. The van der Waals surface area contributed by atoms with Crippen LogP contribution >= 0.6 is 0 Å². The highest BCUT2D eigenvalue weighted by atomic mass is 16.5. The molecule has 3 N–H and O–H groups in total. The molecule has 30 heavy (non-hydrogen) atoms. The summed E-state index contributed by atoms with van der Waals surface area (Å²) in [5.74, 6) is -2.68.